The molecule has 2 unspecified atom stereocenters. The Balaban J connectivity index is 1.66. The maximum absolute atomic E-state index is 15.3. The molecular formula is C30H24ClF2N3O2. The first kappa shape index (κ1) is 25.5. The van der Waals surface area contributed by atoms with Gasteiger partial charge in [-0.3, -0.25) is 24.2 Å². The molecule has 0 aliphatic carbocycles. The zero-order valence-electron chi connectivity index (χ0n) is 20.6. The topological polar surface area (TPSA) is 45.6 Å². The molecule has 38 heavy (non-hydrogen) atoms. The molecule has 1 aliphatic heterocycles. The van der Waals surface area contributed by atoms with Gasteiger partial charge < -0.3 is 0 Å². The molecule has 4 aromatic rings. The van der Waals surface area contributed by atoms with E-state index in [2.05, 4.69) is 11.8 Å². The van der Waals surface area contributed by atoms with Crippen LogP contribution < -0.4 is 5.01 Å². The minimum atomic E-state index is -1.74. The van der Waals surface area contributed by atoms with Crippen LogP contribution in [0.5, 0.6) is 0 Å². The lowest BCUT2D eigenvalue weighted by Gasteiger charge is -2.38. The first-order valence-electron chi connectivity index (χ1n) is 12.1. The number of benzene rings is 3. The summed E-state index contributed by atoms with van der Waals surface area (Å²) in [4.78, 5) is 28.1. The van der Waals surface area contributed by atoms with E-state index in [1.165, 1.54) is 19.1 Å². The quantitative estimate of drug-likeness (QED) is 0.328. The maximum atomic E-state index is 15.3. The zero-order valence-corrected chi connectivity index (χ0v) is 21.3. The number of aromatic nitrogens is 1. The van der Waals surface area contributed by atoms with E-state index in [4.69, 9.17) is 11.6 Å². The molecular weight excluding hydrogens is 508 g/mol. The highest BCUT2D eigenvalue weighted by atomic mass is 35.5. The van der Waals surface area contributed by atoms with E-state index in [0.29, 0.717) is 5.56 Å². The van der Waals surface area contributed by atoms with Crippen LogP contribution in [0.3, 0.4) is 0 Å². The number of carbonyl (C=O) groups is 2. The number of hydrogen-bond acceptors (Lipinski definition) is 3. The maximum Gasteiger partial charge on any atom is 0.269 e. The normalized spacial score (nSPS) is 18.7. The van der Waals surface area contributed by atoms with Crippen molar-refractivity contribution in [2.75, 3.05) is 11.6 Å². The number of imide groups is 1. The molecule has 1 aliphatic rings. The van der Waals surface area contributed by atoms with Gasteiger partial charge in [0.15, 0.2) is 5.54 Å². The number of para-hydroxylation sites is 1. The second kappa shape index (κ2) is 10.3. The summed E-state index contributed by atoms with van der Waals surface area (Å²) in [6, 6.07) is 22.8. The molecule has 5 nitrogen and oxygen atoms in total. The minimum Gasteiger partial charge on any atom is -0.282 e. The summed E-state index contributed by atoms with van der Waals surface area (Å²) in [7, 11) is 0. The highest BCUT2D eigenvalue weighted by Crippen LogP contribution is 2.34. The Bertz CT molecular complexity index is 1580. The van der Waals surface area contributed by atoms with Gasteiger partial charge in [0, 0.05) is 36.1 Å². The van der Waals surface area contributed by atoms with Crippen LogP contribution in [0.1, 0.15) is 24.5 Å². The van der Waals surface area contributed by atoms with Gasteiger partial charge >= 0.3 is 0 Å². The van der Waals surface area contributed by atoms with Crippen LogP contribution in [-0.2, 0) is 16.1 Å². The van der Waals surface area contributed by atoms with Crippen LogP contribution >= 0.6 is 11.6 Å². The molecule has 0 saturated carbocycles. The fraction of sp³-hybridized carbons (Fsp3) is 0.200. The Hall–Kier alpha value is -4.15. The van der Waals surface area contributed by atoms with Gasteiger partial charge in [0.25, 0.3) is 5.91 Å². The van der Waals surface area contributed by atoms with E-state index in [0.717, 1.165) is 15.8 Å². The highest BCUT2D eigenvalue weighted by Gasteiger charge is 2.54. The van der Waals surface area contributed by atoms with Crippen molar-refractivity contribution in [3.8, 4) is 11.8 Å². The van der Waals surface area contributed by atoms with Gasteiger partial charge in [-0.25, -0.2) is 8.78 Å². The molecule has 5 rings (SSSR count). The van der Waals surface area contributed by atoms with E-state index in [-0.39, 0.29) is 30.1 Å². The summed E-state index contributed by atoms with van der Waals surface area (Å²) in [5, 5.41) is 2.35. The standard InChI is InChI=1S/C30H24ClF2N3O2/c1-21(37)34(19-24-11-7-12-26(31)28(24)33)29(38)30(16-14-22-8-3-2-4-9-22)18-25(32)20-36(30)35-17-15-23-10-5-6-13-27(23)35/h2-13,15,17,25H,18-20H2,1H3. The van der Waals surface area contributed by atoms with Crippen molar-refractivity contribution in [2.45, 2.75) is 31.6 Å². The monoisotopic (exact) mass is 531 g/mol. The third-order valence-electron chi connectivity index (χ3n) is 6.69. The minimum absolute atomic E-state index is 0.0694. The largest absolute Gasteiger partial charge is 0.282 e. The van der Waals surface area contributed by atoms with E-state index < -0.39 is 29.3 Å². The van der Waals surface area contributed by atoms with Crippen LogP contribution in [-0.4, -0.2) is 39.6 Å². The number of halogens is 3. The summed E-state index contributed by atoms with van der Waals surface area (Å²) in [5.41, 5.74) is -0.275. The van der Waals surface area contributed by atoms with E-state index in [9.17, 15) is 14.0 Å². The first-order valence-corrected chi connectivity index (χ1v) is 12.5. The summed E-state index contributed by atoms with van der Waals surface area (Å²) in [5.74, 6) is 4.00. The molecule has 3 aromatic carbocycles. The predicted octanol–water partition coefficient (Wildman–Crippen LogP) is 5.48. The van der Waals surface area contributed by atoms with Crippen molar-refractivity contribution in [3.63, 3.8) is 0 Å². The van der Waals surface area contributed by atoms with Crippen molar-refractivity contribution < 1.29 is 18.4 Å². The lowest BCUT2D eigenvalue weighted by atomic mass is 9.94. The number of hydrogen-bond donors (Lipinski definition) is 0. The number of amides is 2. The molecule has 0 bridgehead atoms. The molecule has 1 fully saturated rings. The lowest BCUT2D eigenvalue weighted by Crippen LogP contribution is -2.60. The third kappa shape index (κ3) is 4.64. The lowest BCUT2D eigenvalue weighted by molar-refractivity contribution is -0.147. The summed E-state index contributed by atoms with van der Waals surface area (Å²) < 4.78 is 31.8. The van der Waals surface area contributed by atoms with Gasteiger partial charge in [0.05, 0.1) is 23.6 Å². The van der Waals surface area contributed by atoms with E-state index in [1.807, 2.05) is 48.5 Å². The van der Waals surface area contributed by atoms with Crippen LogP contribution in [0.2, 0.25) is 5.02 Å². The Morgan fingerprint density at radius 2 is 1.79 bits per heavy atom. The van der Waals surface area contributed by atoms with Crippen molar-refractivity contribution in [1.82, 2.24) is 9.58 Å². The average Bonchev–Trinajstić information content (AvgIpc) is 3.49. The molecule has 2 amide bonds. The summed E-state index contributed by atoms with van der Waals surface area (Å²) in [6.45, 7) is 0.730. The van der Waals surface area contributed by atoms with Gasteiger partial charge in [0.2, 0.25) is 5.91 Å². The van der Waals surface area contributed by atoms with Gasteiger partial charge in [-0.1, -0.05) is 72.0 Å². The van der Waals surface area contributed by atoms with Gasteiger partial charge in [0.1, 0.15) is 12.0 Å². The summed E-state index contributed by atoms with van der Waals surface area (Å²) >= 11 is 5.95. The van der Waals surface area contributed by atoms with Gasteiger partial charge in [-0.2, -0.15) is 0 Å². The number of rotatable bonds is 4. The predicted molar refractivity (Wildman–Crippen MR) is 143 cm³/mol. The zero-order chi connectivity index (χ0) is 26.9. The van der Waals surface area contributed by atoms with Gasteiger partial charge in [-0.05, 0) is 30.3 Å². The highest BCUT2D eigenvalue weighted by molar-refractivity contribution is 6.30. The number of fused-ring (bicyclic) bond motifs is 1. The molecule has 0 radical (unpaired) electrons. The van der Waals surface area contributed by atoms with E-state index >= 15 is 4.39 Å². The number of carbonyl (C=O) groups excluding carboxylic acids is 2. The van der Waals surface area contributed by atoms with Crippen molar-refractivity contribution in [1.29, 1.82) is 0 Å². The SMILES string of the molecule is CC(=O)N(Cc1cccc(Cl)c1F)C(=O)C1(C#Cc2ccccc2)CC(F)CN1n1ccc2ccccc21. The third-order valence-corrected chi connectivity index (χ3v) is 6.99. The number of alkyl halides is 1. The molecule has 1 saturated heterocycles. The molecule has 0 N–H and O–H groups in total. The van der Waals surface area contributed by atoms with E-state index in [1.54, 1.807) is 34.1 Å². The van der Waals surface area contributed by atoms with Crippen LogP contribution in [0.4, 0.5) is 8.78 Å². The fourth-order valence-electron chi connectivity index (χ4n) is 4.84. The second-order valence-electron chi connectivity index (χ2n) is 9.20. The smallest absolute Gasteiger partial charge is 0.269 e. The molecule has 192 valence electrons. The van der Waals surface area contributed by atoms with Crippen LogP contribution in [0.15, 0.2) is 85.1 Å². The molecule has 1 aromatic heterocycles. The summed E-state index contributed by atoms with van der Waals surface area (Å²) in [6.07, 6.45) is 0.0887. The molecule has 0 spiro atoms. The van der Waals surface area contributed by atoms with Crippen molar-refractivity contribution in [2.24, 2.45) is 0 Å². The van der Waals surface area contributed by atoms with Crippen LogP contribution in [0.25, 0.3) is 10.9 Å². The van der Waals surface area contributed by atoms with Crippen molar-refractivity contribution >= 4 is 34.3 Å². The van der Waals surface area contributed by atoms with Crippen molar-refractivity contribution in [3.05, 3.63) is 107 Å². The Labute approximate surface area is 224 Å². The van der Waals surface area contributed by atoms with Crippen LogP contribution in [0, 0.1) is 17.7 Å². The Morgan fingerprint density at radius 1 is 1.05 bits per heavy atom. The first-order chi connectivity index (χ1) is 18.3. The average molecular weight is 532 g/mol. The molecule has 2 atom stereocenters. The van der Waals surface area contributed by atoms with Gasteiger partial charge in [-0.15, -0.1) is 0 Å². The number of nitrogens with zero attached hydrogens (tertiary/aromatic N) is 3. The molecule has 2 heterocycles. The fourth-order valence-corrected chi connectivity index (χ4v) is 5.03. The Morgan fingerprint density at radius 3 is 2.55 bits per heavy atom. The molecule has 8 heteroatoms. The Kier molecular flexibility index (Phi) is 6.92. The second-order valence-corrected chi connectivity index (χ2v) is 9.61.